The number of amides is 1. The third-order valence-electron chi connectivity index (χ3n) is 4.68. The number of aryl methyl sites for hydroxylation is 2. The van der Waals surface area contributed by atoms with Gasteiger partial charge in [-0.25, -0.2) is 4.98 Å². The number of anilines is 1. The lowest BCUT2D eigenvalue weighted by molar-refractivity contribution is -0.142. The van der Waals surface area contributed by atoms with Gasteiger partial charge in [-0.1, -0.05) is 12.1 Å². The van der Waals surface area contributed by atoms with E-state index < -0.39 is 29.9 Å². The second-order valence-corrected chi connectivity index (χ2v) is 6.96. The van der Waals surface area contributed by atoms with E-state index in [2.05, 4.69) is 10.3 Å². The molecule has 30 heavy (non-hydrogen) atoms. The number of ketones is 1. The molecule has 0 saturated heterocycles. The monoisotopic (exact) mass is 417 g/mol. The maximum absolute atomic E-state index is 13.3. The number of Topliss-reactive ketones (excluding diaryl/α,β-unsaturated/α-hetero) is 1. The van der Waals surface area contributed by atoms with E-state index in [4.69, 9.17) is 0 Å². The quantitative estimate of drug-likeness (QED) is 0.654. The van der Waals surface area contributed by atoms with E-state index in [0.29, 0.717) is 16.8 Å². The summed E-state index contributed by atoms with van der Waals surface area (Å²) < 4.78 is 40.8. The van der Waals surface area contributed by atoms with Crippen molar-refractivity contribution in [3.63, 3.8) is 0 Å². The Morgan fingerprint density at radius 1 is 1.10 bits per heavy atom. The van der Waals surface area contributed by atoms with Gasteiger partial charge in [-0.15, -0.1) is 0 Å². The minimum Gasteiger partial charge on any atom is -0.325 e. The Bertz CT molecular complexity index is 1230. The summed E-state index contributed by atoms with van der Waals surface area (Å²) >= 11 is 0. The molecule has 0 atom stereocenters. The van der Waals surface area contributed by atoms with Crippen molar-refractivity contribution in [2.24, 2.45) is 0 Å². The number of carbonyl (C=O) groups is 2. The average Bonchev–Trinajstić information content (AvgIpc) is 2.64. The molecule has 0 aliphatic rings. The maximum Gasteiger partial charge on any atom is 0.438 e. The number of rotatable bonds is 4. The van der Waals surface area contributed by atoms with Crippen molar-refractivity contribution in [2.75, 3.05) is 5.32 Å². The van der Waals surface area contributed by atoms with Gasteiger partial charge in [0, 0.05) is 11.3 Å². The van der Waals surface area contributed by atoms with Crippen LogP contribution in [0.1, 0.15) is 34.1 Å². The number of alkyl halides is 3. The van der Waals surface area contributed by atoms with Gasteiger partial charge in [0.15, 0.2) is 5.78 Å². The fourth-order valence-corrected chi connectivity index (χ4v) is 3.00. The van der Waals surface area contributed by atoms with Gasteiger partial charge in [-0.2, -0.15) is 13.2 Å². The highest BCUT2D eigenvalue weighted by molar-refractivity contribution is 5.97. The third-order valence-corrected chi connectivity index (χ3v) is 4.68. The minimum atomic E-state index is -4.96. The van der Waals surface area contributed by atoms with E-state index >= 15 is 0 Å². The van der Waals surface area contributed by atoms with Gasteiger partial charge in [-0.3, -0.25) is 19.0 Å². The fraction of sp³-hybridized carbons (Fsp3) is 0.238. The SMILES string of the molecule is CC(=O)c1cccc(NC(=O)Cn2c(=O)c(C(F)(F)F)nc3cc(C)c(C)cc32)c1. The summed E-state index contributed by atoms with van der Waals surface area (Å²) in [7, 11) is 0. The number of halogens is 3. The van der Waals surface area contributed by atoms with Crippen LogP contribution in [0.3, 0.4) is 0 Å². The highest BCUT2D eigenvalue weighted by atomic mass is 19.4. The van der Waals surface area contributed by atoms with Gasteiger partial charge in [0.2, 0.25) is 11.6 Å². The molecular weight excluding hydrogens is 399 g/mol. The molecule has 9 heteroatoms. The fourth-order valence-electron chi connectivity index (χ4n) is 3.00. The van der Waals surface area contributed by atoms with E-state index in [1.807, 2.05) is 0 Å². The molecule has 3 rings (SSSR count). The number of hydrogen-bond donors (Lipinski definition) is 1. The predicted octanol–water partition coefficient (Wildman–Crippen LogP) is 3.87. The number of hydrogen-bond acceptors (Lipinski definition) is 4. The summed E-state index contributed by atoms with van der Waals surface area (Å²) in [6.45, 7) is 4.18. The summed E-state index contributed by atoms with van der Waals surface area (Å²) in [6, 6.07) is 9.09. The lowest BCUT2D eigenvalue weighted by Crippen LogP contribution is -2.34. The summed E-state index contributed by atoms with van der Waals surface area (Å²) in [5, 5.41) is 2.51. The van der Waals surface area contributed by atoms with Crippen LogP contribution in [0.2, 0.25) is 0 Å². The molecule has 1 amide bonds. The van der Waals surface area contributed by atoms with Crippen molar-refractivity contribution in [2.45, 2.75) is 33.5 Å². The Balaban J connectivity index is 2.06. The van der Waals surface area contributed by atoms with Crippen molar-refractivity contribution in [1.82, 2.24) is 9.55 Å². The number of carbonyl (C=O) groups excluding carboxylic acids is 2. The zero-order chi connectivity index (χ0) is 22.2. The van der Waals surface area contributed by atoms with Gasteiger partial charge < -0.3 is 5.32 Å². The van der Waals surface area contributed by atoms with Gasteiger partial charge in [0.1, 0.15) is 6.54 Å². The van der Waals surface area contributed by atoms with E-state index in [0.717, 1.165) is 10.1 Å². The first kappa shape index (κ1) is 21.2. The van der Waals surface area contributed by atoms with Crippen molar-refractivity contribution in [1.29, 1.82) is 0 Å². The normalized spacial score (nSPS) is 11.5. The van der Waals surface area contributed by atoms with Crippen LogP contribution in [0.4, 0.5) is 18.9 Å². The number of nitrogens with zero attached hydrogens (tertiary/aromatic N) is 2. The zero-order valence-electron chi connectivity index (χ0n) is 16.4. The van der Waals surface area contributed by atoms with Crippen LogP contribution in [0, 0.1) is 13.8 Å². The van der Waals surface area contributed by atoms with Crippen molar-refractivity contribution in [3.8, 4) is 0 Å². The molecule has 2 aromatic carbocycles. The first-order chi connectivity index (χ1) is 14.0. The number of benzene rings is 2. The Morgan fingerprint density at radius 2 is 1.77 bits per heavy atom. The predicted molar refractivity (Wildman–Crippen MR) is 106 cm³/mol. The summed E-state index contributed by atoms with van der Waals surface area (Å²) in [4.78, 5) is 40.0. The summed E-state index contributed by atoms with van der Waals surface area (Å²) in [5.41, 5.74) is -0.770. The molecular formula is C21H18F3N3O3. The molecule has 0 spiro atoms. The molecule has 156 valence electrons. The Kier molecular flexibility index (Phi) is 5.47. The number of nitrogens with one attached hydrogen (secondary N) is 1. The summed E-state index contributed by atoms with van der Waals surface area (Å²) in [6.07, 6.45) is -4.96. The topological polar surface area (TPSA) is 81.1 Å². The first-order valence-corrected chi connectivity index (χ1v) is 8.97. The molecule has 1 aromatic heterocycles. The number of aromatic nitrogens is 2. The standard InChI is InChI=1S/C21H18F3N3O3/c1-11-7-16-17(8-12(11)2)27(20(30)19(26-16)21(22,23)24)10-18(29)25-15-6-4-5-14(9-15)13(3)28/h4-9H,10H2,1-3H3,(H,25,29). The van der Waals surface area contributed by atoms with Crippen molar-refractivity contribution in [3.05, 3.63) is 69.1 Å². The van der Waals surface area contributed by atoms with Gasteiger partial charge in [0.05, 0.1) is 11.0 Å². The van der Waals surface area contributed by atoms with Crippen LogP contribution >= 0.6 is 0 Å². The molecule has 0 radical (unpaired) electrons. The second-order valence-electron chi connectivity index (χ2n) is 6.96. The maximum atomic E-state index is 13.3. The molecule has 1 N–H and O–H groups in total. The highest BCUT2D eigenvalue weighted by Crippen LogP contribution is 2.27. The van der Waals surface area contributed by atoms with Crippen LogP contribution in [0.25, 0.3) is 11.0 Å². The smallest absolute Gasteiger partial charge is 0.325 e. The largest absolute Gasteiger partial charge is 0.438 e. The zero-order valence-corrected chi connectivity index (χ0v) is 16.4. The molecule has 0 aliphatic carbocycles. The van der Waals surface area contributed by atoms with Gasteiger partial charge in [0.25, 0.3) is 5.56 Å². The van der Waals surface area contributed by atoms with Crippen molar-refractivity contribution >= 4 is 28.4 Å². The molecule has 3 aromatic rings. The molecule has 0 saturated carbocycles. The van der Waals surface area contributed by atoms with Crippen LogP contribution in [-0.2, 0) is 17.5 Å². The van der Waals surface area contributed by atoms with E-state index in [1.165, 1.54) is 31.2 Å². The van der Waals surface area contributed by atoms with Gasteiger partial charge >= 0.3 is 6.18 Å². The second kappa shape index (κ2) is 7.74. The van der Waals surface area contributed by atoms with Crippen LogP contribution in [0.15, 0.2) is 41.2 Å². The molecule has 0 unspecified atom stereocenters. The molecule has 1 heterocycles. The lowest BCUT2D eigenvalue weighted by atomic mass is 10.1. The molecule has 0 aliphatic heterocycles. The third kappa shape index (κ3) is 4.24. The molecule has 0 fully saturated rings. The highest BCUT2D eigenvalue weighted by Gasteiger charge is 2.37. The molecule has 0 bridgehead atoms. The number of fused-ring (bicyclic) bond motifs is 1. The Morgan fingerprint density at radius 3 is 2.40 bits per heavy atom. The first-order valence-electron chi connectivity index (χ1n) is 8.97. The molecule has 6 nitrogen and oxygen atoms in total. The van der Waals surface area contributed by atoms with Crippen LogP contribution in [-0.4, -0.2) is 21.2 Å². The lowest BCUT2D eigenvalue weighted by Gasteiger charge is -2.15. The Hall–Kier alpha value is -3.49. The summed E-state index contributed by atoms with van der Waals surface area (Å²) in [5.74, 6) is -0.917. The van der Waals surface area contributed by atoms with Crippen LogP contribution in [0.5, 0.6) is 0 Å². The van der Waals surface area contributed by atoms with Gasteiger partial charge in [-0.05, 0) is 56.2 Å². The van der Waals surface area contributed by atoms with E-state index in [-0.39, 0.29) is 16.8 Å². The van der Waals surface area contributed by atoms with Crippen LogP contribution < -0.4 is 10.9 Å². The Labute approximate surface area is 169 Å². The minimum absolute atomic E-state index is 0.0311. The van der Waals surface area contributed by atoms with E-state index in [9.17, 15) is 27.6 Å². The average molecular weight is 417 g/mol. The van der Waals surface area contributed by atoms with E-state index in [1.54, 1.807) is 26.0 Å². The van der Waals surface area contributed by atoms with Crippen molar-refractivity contribution < 1.29 is 22.8 Å².